The smallest absolute Gasteiger partial charge is 0.176 e. The topological polar surface area (TPSA) is 69.3 Å². The van der Waals surface area contributed by atoms with Gasteiger partial charge in [0.25, 0.3) is 0 Å². The molecule has 1 saturated heterocycles. The largest absolute Gasteiger partial charge is 0.381 e. The van der Waals surface area contributed by atoms with Gasteiger partial charge in [-0.3, -0.25) is 15.0 Å². The van der Waals surface area contributed by atoms with Crippen molar-refractivity contribution in [2.24, 2.45) is 15.0 Å². The molecule has 0 amide bonds. The van der Waals surface area contributed by atoms with E-state index in [2.05, 4.69) is 28.5 Å². The first-order valence-electron chi connectivity index (χ1n) is 9.01. The molecule has 0 aromatic heterocycles. The molecule has 133 valence electrons. The van der Waals surface area contributed by atoms with Crippen LogP contribution in [0.1, 0.15) is 51.4 Å². The number of fused-ring (bicyclic) bond motifs is 6. The Hall–Kier alpha value is -1.50. The van der Waals surface area contributed by atoms with E-state index in [9.17, 15) is 5.11 Å². The van der Waals surface area contributed by atoms with Crippen LogP contribution in [0.4, 0.5) is 0 Å². The van der Waals surface area contributed by atoms with Crippen molar-refractivity contribution in [2.75, 3.05) is 0 Å². The van der Waals surface area contributed by atoms with Crippen LogP contribution in [0.5, 0.6) is 0 Å². The maximum absolute atomic E-state index is 11.0. The number of rotatable bonds is 0. The average molecular weight is 381 g/mol. The molecule has 8 bridgehead atoms. The van der Waals surface area contributed by atoms with E-state index in [0.29, 0.717) is 6.42 Å². The summed E-state index contributed by atoms with van der Waals surface area (Å²) in [6.45, 7) is 0. The molecule has 0 saturated carbocycles. The summed E-state index contributed by atoms with van der Waals surface area (Å²) in [5.74, 6) is 0. The van der Waals surface area contributed by atoms with Crippen molar-refractivity contribution in [1.82, 2.24) is 5.32 Å². The minimum absolute atomic E-state index is 0. The van der Waals surface area contributed by atoms with Crippen LogP contribution in [0.15, 0.2) is 50.3 Å². The SMILES string of the molecule is OC12CCC(=N1)C=C1CCC(=N1)C=C1CCC(=N1)C=C1CCC2N1.[Co]. The Morgan fingerprint density at radius 3 is 2.32 bits per heavy atom. The molecule has 0 spiro atoms. The third-order valence-corrected chi connectivity index (χ3v) is 5.56. The molecule has 1 fully saturated rings. The van der Waals surface area contributed by atoms with Crippen molar-refractivity contribution in [3.63, 3.8) is 0 Å². The van der Waals surface area contributed by atoms with Crippen LogP contribution in [0.3, 0.4) is 0 Å². The Kier molecular flexibility index (Phi) is 4.29. The van der Waals surface area contributed by atoms with Gasteiger partial charge in [-0.1, -0.05) is 0 Å². The molecule has 2 atom stereocenters. The molecule has 5 aliphatic heterocycles. The van der Waals surface area contributed by atoms with Gasteiger partial charge in [0, 0.05) is 57.4 Å². The maximum atomic E-state index is 11.0. The number of aliphatic hydroxyl groups is 1. The Bertz CT molecular complexity index is 789. The van der Waals surface area contributed by atoms with Gasteiger partial charge in [0.1, 0.15) is 0 Å². The van der Waals surface area contributed by atoms with E-state index in [1.54, 1.807) is 0 Å². The normalized spacial score (nSPS) is 32.9. The van der Waals surface area contributed by atoms with Crippen LogP contribution in [0, 0.1) is 0 Å². The zero-order chi connectivity index (χ0) is 16.1. The standard InChI is InChI=1S/C19H22N4O.Co/c24-19-8-7-17(23-19)11-15-4-3-13(21-15)9-12-1-2-14(20-12)10-16-5-6-18(19)22-16;/h9-11,18,22,24H,1-8H2;. The summed E-state index contributed by atoms with van der Waals surface area (Å²) < 4.78 is 0. The molecule has 2 N–H and O–H groups in total. The van der Waals surface area contributed by atoms with Gasteiger partial charge in [-0.25, -0.2) is 0 Å². The summed E-state index contributed by atoms with van der Waals surface area (Å²) in [5, 5.41) is 14.5. The number of nitrogens with zero attached hydrogens (tertiary/aromatic N) is 3. The second-order valence-corrected chi connectivity index (χ2v) is 7.36. The molecule has 0 aromatic carbocycles. The van der Waals surface area contributed by atoms with Gasteiger partial charge < -0.3 is 10.4 Å². The van der Waals surface area contributed by atoms with Crippen LogP contribution in [-0.4, -0.2) is 34.0 Å². The minimum atomic E-state index is -0.978. The minimum Gasteiger partial charge on any atom is -0.381 e. The molecule has 0 aliphatic carbocycles. The second kappa shape index (κ2) is 6.34. The molecule has 6 heteroatoms. The third-order valence-electron chi connectivity index (χ3n) is 5.56. The van der Waals surface area contributed by atoms with Crippen molar-refractivity contribution < 1.29 is 21.9 Å². The van der Waals surface area contributed by atoms with E-state index in [-0.39, 0.29) is 22.8 Å². The zero-order valence-corrected chi connectivity index (χ0v) is 15.1. The number of hydrogen-bond donors (Lipinski definition) is 2. The van der Waals surface area contributed by atoms with Crippen LogP contribution >= 0.6 is 0 Å². The summed E-state index contributed by atoms with van der Waals surface area (Å²) >= 11 is 0. The maximum Gasteiger partial charge on any atom is 0.176 e. The summed E-state index contributed by atoms with van der Waals surface area (Å²) in [7, 11) is 0. The summed E-state index contributed by atoms with van der Waals surface area (Å²) in [4.78, 5) is 14.2. The molecule has 5 rings (SSSR count). The molecule has 5 aliphatic rings. The predicted molar refractivity (Wildman–Crippen MR) is 95.4 cm³/mol. The Balaban J connectivity index is 0.00000157. The van der Waals surface area contributed by atoms with Crippen LogP contribution < -0.4 is 5.32 Å². The fourth-order valence-corrected chi connectivity index (χ4v) is 4.27. The van der Waals surface area contributed by atoms with Crippen LogP contribution in [0.25, 0.3) is 0 Å². The van der Waals surface area contributed by atoms with Crippen molar-refractivity contribution >= 4 is 17.1 Å². The van der Waals surface area contributed by atoms with E-state index >= 15 is 0 Å². The predicted octanol–water partition coefficient (Wildman–Crippen LogP) is 2.79. The second-order valence-electron chi connectivity index (χ2n) is 7.36. The fraction of sp³-hybridized carbons (Fsp3) is 0.526. The van der Waals surface area contributed by atoms with Crippen LogP contribution in [0.2, 0.25) is 0 Å². The number of allylic oxidation sites excluding steroid dienone is 6. The first-order valence-corrected chi connectivity index (χ1v) is 9.01. The van der Waals surface area contributed by atoms with Crippen LogP contribution in [-0.2, 0) is 16.8 Å². The van der Waals surface area contributed by atoms with Gasteiger partial charge in [-0.15, -0.1) is 0 Å². The first kappa shape index (κ1) is 16.9. The van der Waals surface area contributed by atoms with Gasteiger partial charge in [0.15, 0.2) is 5.72 Å². The number of hydrogen-bond acceptors (Lipinski definition) is 5. The molecular formula is C19H22CoN4O. The fourth-order valence-electron chi connectivity index (χ4n) is 4.27. The van der Waals surface area contributed by atoms with Gasteiger partial charge in [-0.05, 0) is 63.2 Å². The summed E-state index contributed by atoms with van der Waals surface area (Å²) in [5.41, 5.74) is 5.68. The van der Waals surface area contributed by atoms with E-state index in [1.807, 2.05) is 0 Å². The first-order chi connectivity index (χ1) is 11.7. The molecule has 5 heterocycles. The molecule has 1 radical (unpaired) electrons. The Morgan fingerprint density at radius 1 is 0.880 bits per heavy atom. The summed E-state index contributed by atoms with van der Waals surface area (Å²) in [6.07, 6.45) is 13.7. The Labute approximate surface area is 158 Å². The van der Waals surface area contributed by atoms with Gasteiger partial charge in [0.2, 0.25) is 0 Å². The zero-order valence-electron chi connectivity index (χ0n) is 14.1. The number of aliphatic imine (C=N–C) groups is 3. The molecule has 25 heavy (non-hydrogen) atoms. The van der Waals surface area contributed by atoms with E-state index in [0.717, 1.165) is 73.5 Å². The van der Waals surface area contributed by atoms with E-state index < -0.39 is 5.72 Å². The van der Waals surface area contributed by atoms with Crippen molar-refractivity contribution in [3.8, 4) is 0 Å². The summed E-state index contributed by atoms with van der Waals surface area (Å²) in [6, 6.07) is 0.00411. The van der Waals surface area contributed by atoms with Crippen molar-refractivity contribution in [2.45, 2.75) is 63.1 Å². The monoisotopic (exact) mass is 381 g/mol. The van der Waals surface area contributed by atoms with Gasteiger partial charge in [0.05, 0.1) is 6.04 Å². The average Bonchev–Trinajstić information content (AvgIpc) is 3.30. The molecule has 5 nitrogen and oxygen atoms in total. The third kappa shape index (κ3) is 3.18. The number of nitrogens with one attached hydrogen (secondary N) is 1. The van der Waals surface area contributed by atoms with Gasteiger partial charge >= 0.3 is 0 Å². The quantitative estimate of drug-likeness (QED) is 0.678. The van der Waals surface area contributed by atoms with Crippen molar-refractivity contribution in [3.05, 3.63) is 35.3 Å². The van der Waals surface area contributed by atoms with E-state index in [4.69, 9.17) is 9.98 Å². The Morgan fingerprint density at radius 2 is 1.56 bits per heavy atom. The molecule has 0 aromatic rings. The molecule has 2 unspecified atom stereocenters. The van der Waals surface area contributed by atoms with Crippen molar-refractivity contribution in [1.29, 1.82) is 0 Å². The molecular weight excluding hydrogens is 359 g/mol. The van der Waals surface area contributed by atoms with E-state index in [1.165, 1.54) is 5.70 Å². The van der Waals surface area contributed by atoms with Gasteiger partial charge in [-0.2, -0.15) is 0 Å².